The summed E-state index contributed by atoms with van der Waals surface area (Å²) >= 11 is 0. The molecule has 28 heavy (non-hydrogen) atoms. The van der Waals surface area contributed by atoms with Gasteiger partial charge >= 0.3 is 6.09 Å². The Morgan fingerprint density at radius 3 is 2.64 bits per heavy atom. The Kier molecular flexibility index (Phi) is 10.6. The van der Waals surface area contributed by atoms with Crippen molar-refractivity contribution in [1.82, 2.24) is 0 Å². The molecular formula is C21H34N2O5. The zero-order valence-corrected chi connectivity index (χ0v) is 17.7. The SMILES string of the molecule is CCC(C)CCOCC(C)=O.CN.Cc1ccc2c(c1)OCC1COC(=O)N21. The molecule has 3 rings (SSSR count). The van der Waals surface area contributed by atoms with Crippen molar-refractivity contribution in [2.24, 2.45) is 11.7 Å². The summed E-state index contributed by atoms with van der Waals surface area (Å²) in [5, 5.41) is 0. The van der Waals surface area contributed by atoms with Crippen LogP contribution in [0, 0.1) is 12.8 Å². The Hall–Kier alpha value is -2.12. The molecule has 0 aliphatic carbocycles. The Morgan fingerprint density at radius 1 is 1.32 bits per heavy atom. The Labute approximate surface area is 168 Å². The molecule has 2 N–H and O–H groups in total. The van der Waals surface area contributed by atoms with Crippen LogP contribution in [0.15, 0.2) is 18.2 Å². The number of hydrogen-bond donors (Lipinski definition) is 1. The maximum atomic E-state index is 11.5. The van der Waals surface area contributed by atoms with Crippen molar-refractivity contribution >= 4 is 17.6 Å². The Bertz CT molecular complexity index is 635. The highest BCUT2D eigenvalue weighted by molar-refractivity contribution is 5.92. The summed E-state index contributed by atoms with van der Waals surface area (Å²) in [7, 11) is 1.50. The van der Waals surface area contributed by atoms with E-state index in [0.717, 1.165) is 23.4 Å². The number of Topliss-reactive ketones (excluding diaryl/α,β-unsaturated/α-hetero) is 1. The lowest BCUT2D eigenvalue weighted by Gasteiger charge is -2.29. The van der Waals surface area contributed by atoms with Crippen LogP contribution in [0.4, 0.5) is 10.5 Å². The highest BCUT2D eigenvalue weighted by Gasteiger charge is 2.39. The van der Waals surface area contributed by atoms with Crippen LogP contribution in [-0.2, 0) is 14.3 Å². The first-order valence-electron chi connectivity index (χ1n) is 9.76. The van der Waals surface area contributed by atoms with Gasteiger partial charge in [0.2, 0.25) is 0 Å². The molecule has 1 aromatic carbocycles. The molecule has 158 valence electrons. The molecule has 0 bridgehead atoms. The first-order chi connectivity index (χ1) is 13.4. The number of cyclic esters (lactones) is 1. The minimum atomic E-state index is -0.270. The lowest BCUT2D eigenvalue weighted by molar-refractivity contribution is -0.121. The molecule has 7 nitrogen and oxygen atoms in total. The second-order valence-corrected chi connectivity index (χ2v) is 6.94. The average molecular weight is 395 g/mol. The number of nitrogens with two attached hydrogens (primary N) is 1. The number of amides is 1. The van der Waals surface area contributed by atoms with Crippen molar-refractivity contribution in [3.63, 3.8) is 0 Å². The summed E-state index contributed by atoms with van der Waals surface area (Å²) < 4.78 is 15.7. The van der Waals surface area contributed by atoms with E-state index in [9.17, 15) is 9.59 Å². The van der Waals surface area contributed by atoms with E-state index in [1.165, 1.54) is 13.5 Å². The van der Waals surface area contributed by atoms with Crippen LogP contribution in [0.1, 0.15) is 39.2 Å². The summed E-state index contributed by atoms with van der Waals surface area (Å²) in [4.78, 5) is 23.6. The molecule has 2 unspecified atom stereocenters. The van der Waals surface area contributed by atoms with Gasteiger partial charge in [-0.3, -0.25) is 9.69 Å². The van der Waals surface area contributed by atoms with Crippen molar-refractivity contribution in [2.75, 3.05) is 38.4 Å². The van der Waals surface area contributed by atoms with Crippen LogP contribution in [0.3, 0.4) is 0 Å². The highest BCUT2D eigenvalue weighted by atomic mass is 16.6. The maximum Gasteiger partial charge on any atom is 0.414 e. The number of anilines is 1. The summed E-state index contributed by atoms with van der Waals surface area (Å²) in [5.41, 5.74) is 6.44. The summed E-state index contributed by atoms with van der Waals surface area (Å²) in [6.45, 7) is 9.83. The van der Waals surface area contributed by atoms with Crippen molar-refractivity contribution in [3.8, 4) is 5.75 Å². The standard InChI is InChI=1S/C11H11NO3.C9H18O2.CH5N/c1-7-2-3-9-10(4-7)14-5-8-6-15-11(13)12(8)9;1-4-8(2)5-6-11-7-9(3)10;1-2/h2-4,8H,5-6H2,1H3;8H,4-7H2,1-3H3;2H2,1H3. The number of ketones is 1. The molecule has 7 heteroatoms. The van der Waals surface area contributed by atoms with Crippen LogP contribution >= 0.6 is 0 Å². The van der Waals surface area contributed by atoms with E-state index < -0.39 is 0 Å². The monoisotopic (exact) mass is 394 g/mol. The van der Waals surface area contributed by atoms with E-state index in [1.54, 1.807) is 11.8 Å². The zero-order valence-electron chi connectivity index (χ0n) is 17.7. The van der Waals surface area contributed by atoms with Crippen molar-refractivity contribution in [3.05, 3.63) is 23.8 Å². The minimum Gasteiger partial charge on any atom is -0.489 e. The quantitative estimate of drug-likeness (QED) is 0.744. The number of nitrogens with zero attached hydrogens (tertiary/aromatic N) is 1. The molecular weight excluding hydrogens is 360 g/mol. The third kappa shape index (κ3) is 7.13. The number of fused-ring (bicyclic) bond motifs is 3. The molecule has 0 radical (unpaired) electrons. The number of carbonyl (C=O) groups excluding carboxylic acids is 2. The van der Waals surface area contributed by atoms with Gasteiger partial charge in [-0.2, -0.15) is 0 Å². The average Bonchev–Trinajstić information content (AvgIpc) is 3.08. The molecule has 0 spiro atoms. The van der Waals surface area contributed by atoms with Gasteiger partial charge in [-0.25, -0.2) is 4.79 Å². The molecule has 2 heterocycles. The van der Waals surface area contributed by atoms with E-state index in [1.807, 2.05) is 25.1 Å². The van der Waals surface area contributed by atoms with E-state index in [0.29, 0.717) is 25.7 Å². The molecule has 1 amide bonds. The topological polar surface area (TPSA) is 91.1 Å². The van der Waals surface area contributed by atoms with E-state index >= 15 is 0 Å². The number of aryl methyl sites for hydroxylation is 1. The van der Waals surface area contributed by atoms with Gasteiger partial charge in [0.25, 0.3) is 0 Å². The minimum absolute atomic E-state index is 0.0349. The molecule has 1 aromatic rings. The van der Waals surface area contributed by atoms with E-state index in [4.69, 9.17) is 14.2 Å². The predicted molar refractivity (Wildman–Crippen MR) is 110 cm³/mol. The summed E-state index contributed by atoms with van der Waals surface area (Å²) in [6.07, 6.45) is 1.97. The maximum absolute atomic E-state index is 11.5. The van der Waals surface area contributed by atoms with Crippen molar-refractivity contribution in [1.29, 1.82) is 0 Å². The third-order valence-electron chi connectivity index (χ3n) is 4.52. The number of rotatable bonds is 6. The predicted octanol–water partition coefficient (Wildman–Crippen LogP) is 3.32. The third-order valence-corrected chi connectivity index (χ3v) is 4.52. The fraction of sp³-hybridized carbons (Fsp3) is 0.619. The molecule has 1 fully saturated rings. The number of ether oxygens (including phenoxy) is 3. The van der Waals surface area contributed by atoms with Crippen LogP contribution < -0.4 is 15.4 Å². The van der Waals surface area contributed by atoms with Crippen LogP contribution in [-0.4, -0.2) is 51.4 Å². The van der Waals surface area contributed by atoms with Gasteiger partial charge in [0, 0.05) is 6.61 Å². The van der Waals surface area contributed by atoms with Gasteiger partial charge in [0.15, 0.2) is 5.78 Å². The van der Waals surface area contributed by atoms with E-state index in [2.05, 4.69) is 19.6 Å². The van der Waals surface area contributed by atoms with Gasteiger partial charge < -0.3 is 19.9 Å². The van der Waals surface area contributed by atoms with Crippen molar-refractivity contribution < 1.29 is 23.8 Å². The molecule has 2 aliphatic heterocycles. The fourth-order valence-corrected chi connectivity index (χ4v) is 2.70. The second-order valence-electron chi connectivity index (χ2n) is 6.94. The van der Waals surface area contributed by atoms with Gasteiger partial charge in [0.1, 0.15) is 31.6 Å². The molecule has 1 saturated heterocycles. The van der Waals surface area contributed by atoms with E-state index in [-0.39, 0.29) is 24.5 Å². The second kappa shape index (κ2) is 12.4. The van der Waals surface area contributed by atoms with Gasteiger partial charge in [0.05, 0.1) is 5.69 Å². The molecule has 0 aromatic heterocycles. The first kappa shape index (κ1) is 23.9. The lowest BCUT2D eigenvalue weighted by atomic mass is 10.1. The molecule has 2 aliphatic rings. The van der Waals surface area contributed by atoms with Crippen molar-refractivity contribution in [2.45, 2.75) is 46.6 Å². The Balaban J connectivity index is 0.000000271. The zero-order chi connectivity index (χ0) is 21.1. The highest BCUT2D eigenvalue weighted by Crippen LogP contribution is 2.37. The Morgan fingerprint density at radius 2 is 2.00 bits per heavy atom. The van der Waals surface area contributed by atoms with Gasteiger partial charge in [-0.05, 0) is 50.9 Å². The van der Waals surface area contributed by atoms with Crippen LogP contribution in [0.2, 0.25) is 0 Å². The molecule has 2 atom stereocenters. The largest absolute Gasteiger partial charge is 0.489 e. The smallest absolute Gasteiger partial charge is 0.414 e. The fourth-order valence-electron chi connectivity index (χ4n) is 2.70. The van der Waals surface area contributed by atoms with Crippen LogP contribution in [0.25, 0.3) is 0 Å². The summed E-state index contributed by atoms with van der Waals surface area (Å²) in [5.74, 6) is 1.58. The summed E-state index contributed by atoms with van der Waals surface area (Å²) in [6, 6.07) is 5.85. The molecule has 0 saturated carbocycles. The van der Waals surface area contributed by atoms with Gasteiger partial charge in [-0.15, -0.1) is 0 Å². The number of hydrogen-bond acceptors (Lipinski definition) is 6. The number of benzene rings is 1. The first-order valence-corrected chi connectivity index (χ1v) is 9.76. The number of carbonyl (C=O) groups is 2. The lowest BCUT2D eigenvalue weighted by Crippen LogP contribution is -2.41. The van der Waals surface area contributed by atoms with Crippen LogP contribution in [0.5, 0.6) is 5.75 Å². The van der Waals surface area contributed by atoms with Gasteiger partial charge in [-0.1, -0.05) is 26.3 Å². The normalized spacial score (nSPS) is 17.6.